The van der Waals surface area contributed by atoms with Crippen LogP contribution in [0.4, 0.5) is 0 Å². The zero-order valence-corrected chi connectivity index (χ0v) is 14.0. The summed E-state index contributed by atoms with van der Waals surface area (Å²) in [7, 11) is 0. The average Bonchev–Trinajstić information content (AvgIpc) is 3.31. The van der Waals surface area contributed by atoms with E-state index in [1.165, 1.54) is 48.0 Å². The molecule has 3 heteroatoms. The van der Waals surface area contributed by atoms with Crippen LogP contribution in [0, 0.1) is 0 Å². The van der Waals surface area contributed by atoms with Crippen LogP contribution >= 0.6 is 0 Å². The highest BCUT2D eigenvalue weighted by Crippen LogP contribution is 2.21. The van der Waals surface area contributed by atoms with Crippen molar-refractivity contribution in [1.82, 2.24) is 15.2 Å². The van der Waals surface area contributed by atoms with Crippen LogP contribution in [0.3, 0.4) is 0 Å². The van der Waals surface area contributed by atoms with Crippen molar-refractivity contribution >= 4 is 10.9 Å². The van der Waals surface area contributed by atoms with Crippen LogP contribution in [0.5, 0.6) is 0 Å². The maximum absolute atomic E-state index is 3.81. The number of benzene rings is 2. The van der Waals surface area contributed by atoms with E-state index in [-0.39, 0.29) is 0 Å². The molecule has 0 radical (unpaired) electrons. The molecule has 2 aromatic carbocycles. The summed E-state index contributed by atoms with van der Waals surface area (Å²) in [5.41, 5.74) is 3.95. The SMILES string of the molecule is c1ccc(C(CN2CCCC2)NCc2cccc3[nH]ccc23)cc1. The Balaban J connectivity index is 1.51. The first-order valence-corrected chi connectivity index (χ1v) is 8.96. The molecule has 124 valence electrons. The average molecular weight is 319 g/mol. The van der Waals surface area contributed by atoms with Crippen LogP contribution in [0.25, 0.3) is 10.9 Å². The number of hydrogen-bond donors (Lipinski definition) is 2. The van der Waals surface area contributed by atoms with Gasteiger partial charge in [0.15, 0.2) is 0 Å². The van der Waals surface area contributed by atoms with Crippen LogP contribution in [-0.2, 0) is 6.54 Å². The fourth-order valence-corrected chi connectivity index (χ4v) is 3.73. The summed E-state index contributed by atoms with van der Waals surface area (Å²) >= 11 is 0. The number of aromatic nitrogens is 1. The molecular formula is C21H25N3. The highest BCUT2D eigenvalue weighted by atomic mass is 15.2. The topological polar surface area (TPSA) is 31.1 Å². The molecule has 24 heavy (non-hydrogen) atoms. The van der Waals surface area contributed by atoms with Crippen LogP contribution in [-0.4, -0.2) is 29.5 Å². The Bertz CT molecular complexity index is 772. The van der Waals surface area contributed by atoms with Crippen molar-refractivity contribution in [3.8, 4) is 0 Å². The lowest BCUT2D eigenvalue weighted by atomic mass is 10.0. The van der Waals surface area contributed by atoms with E-state index in [1.807, 2.05) is 6.20 Å². The van der Waals surface area contributed by atoms with Crippen molar-refractivity contribution in [3.63, 3.8) is 0 Å². The predicted molar refractivity (Wildman–Crippen MR) is 100.0 cm³/mol. The molecule has 3 nitrogen and oxygen atoms in total. The number of fused-ring (bicyclic) bond motifs is 1. The largest absolute Gasteiger partial charge is 0.361 e. The quantitative estimate of drug-likeness (QED) is 0.717. The Morgan fingerprint density at radius 1 is 0.958 bits per heavy atom. The van der Waals surface area contributed by atoms with E-state index < -0.39 is 0 Å². The zero-order chi connectivity index (χ0) is 16.2. The maximum Gasteiger partial charge on any atom is 0.0457 e. The molecule has 2 heterocycles. The van der Waals surface area contributed by atoms with Gasteiger partial charge in [-0.15, -0.1) is 0 Å². The van der Waals surface area contributed by atoms with E-state index >= 15 is 0 Å². The second-order valence-electron chi connectivity index (χ2n) is 6.71. The molecule has 4 rings (SSSR count). The third-order valence-electron chi connectivity index (χ3n) is 5.07. The normalized spacial score (nSPS) is 16.7. The first-order valence-electron chi connectivity index (χ1n) is 8.96. The lowest BCUT2D eigenvalue weighted by molar-refractivity contribution is 0.291. The van der Waals surface area contributed by atoms with E-state index in [9.17, 15) is 0 Å². The molecule has 0 saturated carbocycles. The Labute approximate surface area is 143 Å². The molecule has 1 aromatic heterocycles. The van der Waals surface area contributed by atoms with Gasteiger partial charge < -0.3 is 15.2 Å². The number of rotatable bonds is 6. The summed E-state index contributed by atoms with van der Waals surface area (Å²) in [4.78, 5) is 5.89. The second kappa shape index (κ2) is 7.20. The van der Waals surface area contributed by atoms with Crippen molar-refractivity contribution in [2.45, 2.75) is 25.4 Å². The van der Waals surface area contributed by atoms with E-state index in [4.69, 9.17) is 0 Å². The highest BCUT2D eigenvalue weighted by molar-refractivity contribution is 5.82. The maximum atomic E-state index is 3.81. The molecular weight excluding hydrogens is 294 g/mol. The predicted octanol–water partition coefficient (Wildman–Crippen LogP) is 4.09. The number of likely N-dealkylation sites (tertiary alicyclic amines) is 1. The van der Waals surface area contributed by atoms with Gasteiger partial charge in [-0.25, -0.2) is 0 Å². The molecule has 0 spiro atoms. The Kier molecular flexibility index (Phi) is 4.63. The summed E-state index contributed by atoms with van der Waals surface area (Å²) in [6, 6.07) is 19.9. The van der Waals surface area contributed by atoms with Gasteiger partial charge in [-0.1, -0.05) is 42.5 Å². The second-order valence-corrected chi connectivity index (χ2v) is 6.71. The van der Waals surface area contributed by atoms with Crippen LogP contribution in [0.15, 0.2) is 60.8 Å². The van der Waals surface area contributed by atoms with Crippen molar-refractivity contribution in [3.05, 3.63) is 71.9 Å². The standard InChI is InChI=1S/C21H25N3/c1-2-7-17(8-3-1)21(16-24-13-4-5-14-24)23-15-18-9-6-10-20-19(18)11-12-22-20/h1-3,6-12,21-23H,4-5,13-16H2. The van der Waals surface area contributed by atoms with E-state index in [0.29, 0.717) is 6.04 Å². The number of aromatic amines is 1. The molecule has 2 N–H and O–H groups in total. The summed E-state index contributed by atoms with van der Waals surface area (Å²) in [6.45, 7) is 4.45. The molecule has 0 bridgehead atoms. The van der Waals surface area contributed by atoms with Gasteiger partial charge in [0, 0.05) is 36.2 Å². The smallest absolute Gasteiger partial charge is 0.0457 e. The molecule has 1 unspecified atom stereocenters. The van der Waals surface area contributed by atoms with Crippen LogP contribution < -0.4 is 5.32 Å². The summed E-state index contributed by atoms with van der Waals surface area (Å²) in [6.07, 6.45) is 4.70. The lowest BCUT2D eigenvalue weighted by Gasteiger charge is -2.25. The van der Waals surface area contributed by atoms with E-state index in [1.54, 1.807) is 0 Å². The molecule has 1 saturated heterocycles. The Morgan fingerprint density at radius 3 is 2.62 bits per heavy atom. The van der Waals surface area contributed by atoms with Gasteiger partial charge in [0.05, 0.1) is 0 Å². The van der Waals surface area contributed by atoms with Crippen LogP contribution in [0.1, 0.15) is 30.0 Å². The van der Waals surface area contributed by atoms with Crippen LogP contribution in [0.2, 0.25) is 0 Å². The summed E-state index contributed by atoms with van der Waals surface area (Å²) in [5, 5.41) is 5.12. The molecule has 1 fully saturated rings. The number of nitrogens with one attached hydrogen (secondary N) is 2. The summed E-state index contributed by atoms with van der Waals surface area (Å²) in [5.74, 6) is 0. The molecule has 1 aliphatic rings. The fraction of sp³-hybridized carbons (Fsp3) is 0.333. The number of nitrogens with zero attached hydrogens (tertiary/aromatic N) is 1. The minimum Gasteiger partial charge on any atom is -0.361 e. The molecule has 1 aliphatic heterocycles. The van der Waals surface area contributed by atoms with Gasteiger partial charge in [-0.05, 0) is 49.2 Å². The number of hydrogen-bond acceptors (Lipinski definition) is 2. The monoisotopic (exact) mass is 319 g/mol. The molecule has 1 atom stereocenters. The van der Waals surface area contributed by atoms with Gasteiger partial charge in [0.1, 0.15) is 0 Å². The molecule has 0 amide bonds. The van der Waals surface area contributed by atoms with Crippen molar-refractivity contribution in [1.29, 1.82) is 0 Å². The lowest BCUT2D eigenvalue weighted by Crippen LogP contribution is -2.33. The summed E-state index contributed by atoms with van der Waals surface area (Å²) < 4.78 is 0. The molecule has 3 aromatic rings. The highest BCUT2D eigenvalue weighted by Gasteiger charge is 2.18. The Hall–Kier alpha value is -2.10. The Morgan fingerprint density at radius 2 is 1.79 bits per heavy atom. The number of H-pyrrole nitrogens is 1. The zero-order valence-electron chi connectivity index (χ0n) is 14.0. The minimum absolute atomic E-state index is 0.374. The minimum atomic E-state index is 0.374. The first-order chi connectivity index (χ1) is 11.9. The van der Waals surface area contributed by atoms with E-state index in [0.717, 1.165) is 13.1 Å². The van der Waals surface area contributed by atoms with E-state index in [2.05, 4.69) is 69.8 Å². The molecule has 0 aliphatic carbocycles. The fourth-order valence-electron chi connectivity index (χ4n) is 3.73. The van der Waals surface area contributed by atoms with Crippen molar-refractivity contribution in [2.75, 3.05) is 19.6 Å². The van der Waals surface area contributed by atoms with Crippen molar-refractivity contribution in [2.24, 2.45) is 0 Å². The van der Waals surface area contributed by atoms with Gasteiger partial charge >= 0.3 is 0 Å². The third-order valence-corrected chi connectivity index (χ3v) is 5.07. The van der Waals surface area contributed by atoms with Crippen molar-refractivity contribution < 1.29 is 0 Å². The van der Waals surface area contributed by atoms with Gasteiger partial charge in [-0.2, -0.15) is 0 Å². The van der Waals surface area contributed by atoms with Gasteiger partial charge in [0.2, 0.25) is 0 Å². The first kappa shape index (κ1) is 15.4. The van der Waals surface area contributed by atoms with Gasteiger partial charge in [-0.3, -0.25) is 0 Å². The third kappa shape index (κ3) is 3.37. The van der Waals surface area contributed by atoms with Gasteiger partial charge in [0.25, 0.3) is 0 Å².